The van der Waals surface area contributed by atoms with Crippen LogP contribution >= 0.6 is 23.4 Å². The predicted octanol–water partition coefficient (Wildman–Crippen LogP) is 4.12. The number of hydrogen-bond donors (Lipinski definition) is 0. The minimum absolute atomic E-state index is 0.0137. The Labute approximate surface area is 172 Å². The van der Waals surface area contributed by atoms with Crippen molar-refractivity contribution in [2.75, 3.05) is 0 Å². The van der Waals surface area contributed by atoms with Gasteiger partial charge in [0.25, 0.3) is 5.56 Å². The maximum Gasteiger partial charge on any atom is 0.432 e. The summed E-state index contributed by atoms with van der Waals surface area (Å²) in [5.74, 6) is -1.12. The molecule has 0 aliphatic rings. The molecule has 0 N–H and O–H groups in total. The van der Waals surface area contributed by atoms with Crippen molar-refractivity contribution >= 4 is 29.1 Å². The van der Waals surface area contributed by atoms with Crippen LogP contribution in [0, 0.1) is 12.7 Å². The molecule has 2 aromatic rings. The van der Waals surface area contributed by atoms with Crippen molar-refractivity contribution in [2.45, 2.75) is 43.5 Å². The minimum Gasteiger partial charge on any atom is -0.300 e. The van der Waals surface area contributed by atoms with E-state index in [2.05, 4.69) is 0 Å². The third-order valence-corrected chi connectivity index (χ3v) is 5.69. The molecule has 0 fully saturated rings. The molecule has 0 bridgehead atoms. The molecule has 0 spiro atoms. The SMILES string of the molecule is CC(=O)CC(C)Sc1cc(-n2c(=O)c(C)c(C(F)(F)F)n(C)c2=O)c(F)cc1Cl. The Kier molecular flexibility index (Phi) is 6.68. The highest BCUT2D eigenvalue weighted by Gasteiger charge is 2.38. The lowest BCUT2D eigenvalue weighted by atomic mass is 10.2. The van der Waals surface area contributed by atoms with Gasteiger partial charge in [-0.3, -0.25) is 14.2 Å². The summed E-state index contributed by atoms with van der Waals surface area (Å²) in [4.78, 5) is 36.6. The molecule has 1 aromatic heterocycles. The lowest BCUT2D eigenvalue weighted by molar-refractivity contribution is -0.144. The van der Waals surface area contributed by atoms with Crippen LogP contribution in [0.4, 0.5) is 17.6 Å². The van der Waals surface area contributed by atoms with Crippen molar-refractivity contribution in [3.63, 3.8) is 0 Å². The molecule has 1 aromatic carbocycles. The number of aromatic nitrogens is 2. The number of ketones is 1. The van der Waals surface area contributed by atoms with Gasteiger partial charge in [-0.25, -0.2) is 13.8 Å². The van der Waals surface area contributed by atoms with E-state index in [0.717, 1.165) is 37.9 Å². The molecule has 0 radical (unpaired) electrons. The average Bonchev–Trinajstić information content (AvgIpc) is 2.55. The van der Waals surface area contributed by atoms with Gasteiger partial charge in [-0.1, -0.05) is 18.5 Å². The summed E-state index contributed by atoms with van der Waals surface area (Å²) in [5, 5.41) is -0.252. The lowest BCUT2D eigenvalue weighted by Crippen LogP contribution is -2.43. The van der Waals surface area contributed by atoms with Crippen molar-refractivity contribution < 1.29 is 22.4 Å². The first-order chi connectivity index (χ1) is 13.3. The van der Waals surface area contributed by atoms with Crippen LogP contribution in [0.1, 0.15) is 31.5 Å². The third kappa shape index (κ3) is 4.75. The highest BCUT2D eigenvalue weighted by Crippen LogP contribution is 2.35. The fourth-order valence-corrected chi connectivity index (χ4v) is 4.30. The number of carbonyl (C=O) groups excluding carboxylic acids is 1. The van der Waals surface area contributed by atoms with Gasteiger partial charge in [-0.2, -0.15) is 13.2 Å². The van der Waals surface area contributed by atoms with Crippen LogP contribution in [0.3, 0.4) is 0 Å². The summed E-state index contributed by atoms with van der Waals surface area (Å²) in [7, 11) is 0.854. The monoisotopic (exact) mass is 452 g/mol. The van der Waals surface area contributed by atoms with Crippen LogP contribution in [0.5, 0.6) is 0 Å². The van der Waals surface area contributed by atoms with Crippen LogP contribution in [-0.2, 0) is 18.0 Å². The summed E-state index contributed by atoms with van der Waals surface area (Å²) in [6, 6.07) is 1.99. The Bertz CT molecular complexity index is 1060. The van der Waals surface area contributed by atoms with E-state index in [1.165, 1.54) is 6.92 Å². The predicted molar refractivity (Wildman–Crippen MR) is 103 cm³/mol. The molecule has 1 atom stereocenters. The van der Waals surface area contributed by atoms with Crippen LogP contribution < -0.4 is 11.2 Å². The molecular formula is C18H17ClF4N2O3S. The summed E-state index contributed by atoms with van der Waals surface area (Å²) in [5.41, 5.74) is -5.29. The second-order valence-corrected chi connectivity index (χ2v) is 8.41. The number of thioether (sulfide) groups is 1. The van der Waals surface area contributed by atoms with Gasteiger partial charge in [0.1, 0.15) is 17.3 Å². The molecule has 2 rings (SSSR count). The average molecular weight is 453 g/mol. The first-order valence-electron chi connectivity index (χ1n) is 8.31. The number of halogens is 5. The number of rotatable bonds is 5. The zero-order valence-electron chi connectivity index (χ0n) is 15.9. The lowest BCUT2D eigenvalue weighted by Gasteiger charge is -2.18. The standard InChI is InChI=1S/C18H17ClF4N2O3S/c1-8(26)5-9(2)29-14-7-13(12(20)6-11(14)19)25-16(27)10(3)15(18(21,22)23)24(4)17(25)28/h6-7,9H,5H2,1-4H3. The molecule has 0 amide bonds. The highest BCUT2D eigenvalue weighted by molar-refractivity contribution is 8.00. The van der Waals surface area contributed by atoms with E-state index in [4.69, 9.17) is 11.6 Å². The number of carbonyl (C=O) groups is 1. The van der Waals surface area contributed by atoms with Gasteiger partial charge in [0, 0.05) is 29.2 Å². The highest BCUT2D eigenvalue weighted by atomic mass is 35.5. The Morgan fingerprint density at radius 2 is 1.86 bits per heavy atom. The molecule has 1 unspecified atom stereocenters. The van der Waals surface area contributed by atoms with Gasteiger partial charge in [0.2, 0.25) is 0 Å². The molecular weight excluding hydrogens is 436 g/mol. The van der Waals surface area contributed by atoms with E-state index < -0.39 is 40.2 Å². The summed E-state index contributed by atoms with van der Waals surface area (Å²) >= 11 is 7.15. The maximum absolute atomic E-state index is 14.5. The Balaban J connectivity index is 2.73. The quantitative estimate of drug-likeness (QED) is 0.506. The van der Waals surface area contributed by atoms with Gasteiger partial charge >= 0.3 is 11.9 Å². The smallest absolute Gasteiger partial charge is 0.300 e. The van der Waals surface area contributed by atoms with Crippen LogP contribution in [0.15, 0.2) is 26.6 Å². The molecule has 0 saturated carbocycles. The molecule has 0 aliphatic heterocycles. The van der Waals surface area contributed by atoms with E-state index in [1.807, 2.05) is 0 Å². The van der Waals surface area contributed by atoms with E-state index in [-0.39, 0.29) is 31.9 Å². The summed E-state index contributed by atoms with van der Waals surface area (Å²) in [6.45, 7) is 4.06. The molecule has 11 heteroatoms. The first kappa shape index (κ1) is 23.2. The fourth-order valence-electron chi connectivity index (χ4n) is 2.91. The van der Waals surface area contributed by atoms with Crippen molar-refractivity contribution in [1.29, 1.82) is 0 Å². The van der Waals surface area contributed by atoms with Crippen LogP contribution in [0.2, 0.25) is 5.02 Å². The molecule has 0 aliphatic carbocycles. The molecule has 158 valence electrons. The maximum atomic E-state index is 14.5. The van der Waals surface area contributed by atoms with E-state index in [1.54, 1.807) is 6.92 Å². The van der Waals surface area contributed by atoms with Crippen LogP contribution in [-0.4, -0.2) is 20.2 Å². The number of benzene rings is 1. The first-order valence-corrected chi connectivity index (χ1v) is 9.56. The summed E-state index contributed by atoms with van der Waals surface area (Å²) in [6.07, 6.45) is -4.73. The zero-order valence-corrected chi connectivity index (χ0v) is 17.4. The minimum atomic E-state index is -4.93. The summed E-state index contributed by atoms with van der Waals surface area (Å²) < 4.78 is 54.8. The Hall–Kier alpha value is -2.07. The van der Waals surface area contributed by atoms with Gasteiger partial charge in [0.15, 0.2) is 0 Å². The molecule has 29 heavy (non-hydrogen) atoms. The number of hydrogen-bond acceptors (Lipinski definition) is 4. The van der Waals surface area contributed by atoms with Crippen LogP contribution in [0.25, 0.3) is 5.69 Å². The largest absolute Gasteiger partial charge is 0.432 e. The van der Waals surface area contributed by atoms with E-state index >= 15 is 0 Å². The van der Waals surface area contributed by atoms with Gasteiger partial charge in [-0.15, -0.1) is 11.8 Å². The van der Waals surface area contributed by atoms with Crippen molar-refractivity contribution in [2.24, 2.45) is 7.05 Å². The fraction of sp³-hybridized carbons (Fsp3) is 0.389. The van der Waals surface area contributed by atoms with Crippen molar-refractivity contribution in [3.05, 3.63) is 55.1 Å². The van der Waals surface area contributed by atoms with E-state index in [9.17, 15) is 31.9 Å². The molecule has 1 heterocycles. The Morgan fingerprint density at radius 1 is 1.28 bits per heavy atom. The molecule has 5 nitrogen and oxygen atoms in total. The second-order valence-electron chi connectivity index (χ2n) is 6.52. The second kappa shape index (κ2) is 8.35. The van der Waals surface area contributed by atoms with Crippen molar-refractivity contribution in [3.8, 4) is 5.69 Å². The number of Topliss-reactive ketones (excluding diaryl/α,β-unsaturated/α-hetero) is 1. The van der Waals surface area contributed by atoms with Gasteiger partial charge < -0.3 is 0 Å². The number of nitrogens with zero attached hydrogens (tertiary/aromatic N) is 2. The topological polar surface area (TPSA) is 61.1 Å². The normalized spacial score (nSPS) is 12.9. The van der Waals surface area contributed by atoms with Crippen molar-refractivity contribution in [1.82, 2.24) is 9.13 Å². The van der Waals surface area contributed by atoms with Gasteiger partial charge in [0.05, 0.1) is 10.7 Å². The zero-order chi connectivity index (χ0) is 22.3. The third-order valence-electron chi connectivity index (χ3n) is 4.11. The molecule has 0 saturated heterocycles. The van der Waals surface area contributed by atoms with E-state index in [0.29, 0.717) is 4.57 Å². The van der Waals surface area contributed by atoms with Gasteiger partial charge in [-0.05, 0) is 26.0 Å². The number of alkyl halides is 3. The Morgan fingerprint density at radius 3 is 2.38 bits per heavy atom.